The summed E-state index contributed by atoms with van der Waals surface area (Å²) in [5, 5.41) is 0. The number of fused-ring (bicyclic) bond motifs is 4. The molecule has 0 radical (unpaired) electrons. The highest BCUT2D eigenvalue weighted by molar-refractivity contribution is 7.89. The molecule has 0 saturated heterocycles. The van der Waals surface area contributed by atoms with Gasteiger partial charge in [0.15, 0.2) is 0 Å². The van der Waals surface area contributed by atoms with Crippen molar-refractivity contribution < 1.29 is 8.42 Å². The van der Waals surface area contributed by atoms with Crippen LogP contribution < -0.4 is 0 Å². The summed E-state index contributed by atoms with van der Waals surface area (Å²) in [5.41, 5.74) is 2.68. The summed E-state index contributed by atoms with van der Waals surface area (Å²) in [6.07, 6.45) is 13.4. The van der Waals surface area contributed by atoms with E-state index in [1.54, 1.807) is 6.21 Å². The third kappa shape index (κ3) is 2.18. The van der Waals surface area contributed by atoms with Crippen molar-refractivity contribution in [3.05, 3.63) is 23.3 Å². The van der Waals surface area contributed by atoms with Crippen LogP contribution in [0.5, 0.6) is 0 Å². The van der Waals surface area contributed by atoms with Gasteiger partial charge in [0.25, 0.3) is 0 Å². The van der Waals surface area contributed by atoms with E-state index in [0.29, 0.717) is 17.8 Å². The Morgan fingerprint density at radius 3 is 2.94 bits per heavy atom. The molecule has 98 valence electrons. The predicted octanol–water partition coefficient (Wildman–Crippen LogP) is 2.71. The Hall–Kier alpha value is -0.900. The Bertz CT molecular complexity index is 542. The van der Waals surface area contributed by atoms with Crippen molar-refractivity contribution in [3.8, 4) is 0 Å². The van der Waals surface area contributed by atoms with Gasteiger partial charge in [0.05, 0.1) is 6.26 Å². The van der Waals surface area contributed by atoms with Gasteiger partial charge in [-0.2, -0.15) is 4.40 Å². The van der Waals surface area contributed by atoms with Crippen LogP contribution in [0.25, 0.3) is 0 Å². The van der Waals surface area contributed by atoms with Crippen molar-refractivity contribution in [1.29, 1.82) is 0 Å². The van der Waals surface area contributed by atoms with Gasteiger partial charge < -0.3 is 0 Å². The molecule has 0 aromatic rings. The monoisotopic (exact) mass is 265 g/mol. The van der Waals surface area contributed by atoms with Crippen LogP contribution in [0.2, 0.25) is 0 Å². The molecule has 0 unspecified atom stereocenters. The van der Waals surface area contributed by atoms with E-state index in [2.05, 4.69) is 16.5 Å². The Morgan fingerprint density at radius 1 is 1.33 bits per heavy atom. The molecule has 0 spiro atoms. The van der Waals surface area contributed by atoms with Gasteiger partial charge in [-0.1, -0.05) is 24.1 Å². The van der Waals surface area contributed by atoms with Crippen LogP contribution in [-0.4, -0.2) is 20.9 Å². The number of nitrogens with zero attached hydrogens (tertiary/aromatic N) is 1. The zero-order chi connectivity index (χ0) is 12.8. The molecule has 1 fully saturated rings. The molecular weight excluding hydrogens is 246 g/mol. The molecule has 0 heterocycles. The second kappa shape index (κ2) is 4.34. The third-order valence-corrected chi connectivity index (χ3v) is 4.93. The second-order valence-corrected chi connectivity index (χ2v) is 7.37. The van der Waals surface area contributed by atoms with Crippen LogP contribution in [0.15, 0.2) is 27.7 Å². The second-order valence-electron chi connectivity index (χ2n) is 5.69. The van der Waals surface area contributed by atoms with Crippen molar-refractivity contribution in [3.63, 3.8) is 0 Å². The minimum absolute atomic E-state index is 0.407. The minimum Gasteiger partial charge on any atom is -0.205 e. The summed E-state index contributed by atoms with van der Waals surface area (Å²) in [6, 6.07) is 0. The fourth-order valence-corrected chi connectivity index (χ4v) is 4.00. The average molecular weight is 265 g/mol. The largest absolute Gasteiger partial charge is 0.250 e. The van der Waals surface area contributed by atoms with E-state index in [4.69, 9.17) is 0 Å². The molecule has 1 saturated carbocycles. The molecule has 4 heteroatoms. The van der Waals surface area contributed by atoms with E-state index >= 15 is 0 Å². The van der Waals surface area contributed by atoms with Crippen LogP contribution in [0, 0.1) is 17.8 Å². The Kier molecular flexibility index (Phi) is 2.93. The molecule has 0 N–H and O–H groups in total. The predicted molar refractivity (Wildman–Crippen MR) is 73.1 cm³/mol. The number of hydrogen-bond donors (Lipinski definition) is 0. The number of rotatable bonds is 2. The zero-order valence-corrected chi connectivity index (χ0v) is 11.5. The molecule has 3 aliphatic rings. The standard InChI is InChI=1S/C14H19NO2S/c1-18(16,17)15-9-14-11-7-6-10(8-11)12-4-2-3-5-13(12)14/h6-7,9-12H,2-5,8H2,1H3/b15-9+/t10-,11+,12-/m1/s1. The maximum Gasteiger partial charge on any atom is 0.250 e. The van der Waals surface area contributed by atoms with Gasteiger partial charge in [-0.05, 0) is 43.1 Å². The Labute approximate surface area is 109 Å². The average Bonchev–Trinajstić information content (AvgIpc) is 2.73. The van der Waals surface area contributed by atoms with Crippen LogP contribution in [0.4, 0.5) is 0 Å². The first-order valence-electron chi connectivity index (χ1n) is 6.71. The first kappa shape index (κ1) is 12.2. The van der Waals surface area contributed by atoms with Crippen LogP contribution in [0.1, 0.15) is 32.1 Å². The van der Waals surface area contributed by atoms with Crippen molar-refractivity contribution in [1.82, 2.24) is 0 Å². The third-order valence-electron chi connectivity index (χ3n) is 4.45. The van der Waals surface area contributed by atoms with E-state index in [0.717, 1.165) is 19.1 Å². The van der Waals surface area contributed by atoms with Crippen LogP contribution in [0.3, 0.4) is 0 Å². The lowest BCUT2D eigenvalue weighted by atomic mass is 9.68. The molecule has 18 heavy (non-hydrogen) atoms. The van der Waals surface area contributed by atoms with Gasteiger partial charge in [0.2, 0.25) is 10.0 Å². The maximum atomic E-state index is 11.2. The number of hydrogen-bond acceptors (Lipinski definition) is 2. The first-order valence-corrected chi connectivity index (χ1v) is 8.56. The summed E-state index contributed by atoms with van der Waals surface area (Å²) in [7, 11) is -3.27. The lowest BCUT2D eigenvalue weighted by molar-refractivity contribution is 0.325. The molecular formula is C14H19NO2S. The highest BCUT2D eigenvalue weighted by Gasteiger charge is 2.38. The van der Waals surface area contributed by atoms with Crippen molar-refractivity contribution in [2.24, 2.45) is 22.2 Å². The van der Waals surface area contributed by atoms with Crippen LogP contribution in [-0.2, 0) is 10.0 Å². The van der Waals surface area contributed by atoms with Gasteiger partial charge in [-0.15, -0.1) is 0 Å². The number of sulfonamides is 1. The fraction of sp³-hybridized carbons (Fsp3) is 0.643. The molecule has 0 aromatic heterocycles. The smallest absolute Gasteiger partial charge is 0.205 e. The molecule has 0 aliphatic heterocycles. The van der Waals surface area contributed by atoms with E-state index in [1.807, 2.05) is 0 Å². The SMILES string of the molecule is CS(=O)(=O)/N=C/C1=C2CCCC[C@@H]2[C@@H]2C=C[C@H]1C2. The number of allylic oxidation sites excluding steroid dienone is 4. The van der Waals surface area contributed by atoms with Gasteiger partial charge in [-0.3, -0.25) is 0 Å². The van der Waals surface area contributed by atoms with Gasteiger partial charge >= 0.3 is 0 Å². The van der Waals surface area contributed by atoms with Crippen molar-refractivity contribution in [2.75, 3.05) is 6.26 Å². The van der Waals surface area contributed by atoms with E-state index in [1.165, 1.54) is 30.4 Å². The Balaban J connectivity index is 2.00. The van der Waals surface area contributed by atoms with E-state index in [-0.39, 0.29) is 0 Å². The summed E-state index contributed by atoms with van der Waals surface area (Å²) >= 11 is 0. The summed E-state index contributed by atoms with van der Waals surface area (Å²) in [5.74, 6) is 1.75. The van der Waals surface area contributed by atoms with Crippen molar-refractivity contribution in [2.45, 2.75) is 32.1 Å². The maximum absolute atomic E-state index is 11.2. The quantitative estimate of drug-likeness (QED) is 0.569. The van der Waals surface area contributed by atoms with Crippen molar-refractivity contribution >= 4 is 16.2 Å². The molecule has 3 atom stereocenters. The summed E-state index contributed by atoms with van der Waals surface area (Å²) < 4.78 is 26.1. The minimum atomic E-state index is -3.27. The first-order chi connectivity index (χ1) is 8.54. The summed E-state index contributed by atoms with van der Waals surface area (Å²) in [4.78, 5) is 0. The van der Waals surface area contributed by atoms with E-state index < -0.39 is 10.0 Å². The lowest BCUT2D eigenvalue weighted by Crippen LogP contribution is -2.26. The molecule has 3 aliphatic carbocycles. The molecule has 0 amide bonds. The van der Waals surface area contributed by atoms with Gasteiger partial charge in [0.1, 0.15) is 0 Å². The van der Waals surface area contributed by atoms with E-state index in [9.17, 15) is 8.42 Å². The highest BCUT2D eigenvalue weighted by atomic mass is 32.2. The topological polar surface area (TPSA) is 46.5 Å². The Morgan fingerprint density at radius 2 is 2.17 bits per heavy atom. The molecule has 0 aromatic carbocycles. The molecule has 2 bridgehead atoms. The lowest BCUT2D eigenvalue weighted by Gasteiger charge is -2.36. The van der Waals surface area contributed by atoms with Gasteiger partial charge in [0, 0.05) is 12.1 Å². The highest BCUT2D eigenvalue weighted by Crippen LogP contribution is 2.49. The summed E-state index contributed by atoms with van der Waals surface area (Å²) in [6.45, 7) is 0. The molecule has 3 rings (SSSR count). The normalized spacial score (nSPS) is 35.3. The molecule has 3 nitrogen and oxygen atoms in total. The van der Waals surface area contributed by atoms with Gasteiger partial charge in [-0.25, -0.2) is 8.42 Å². The fourth-order valence-electron chi connectivity index (χ4n) is 3.70. The zero-order valence-electron chi connectivity index (χ0n) is 10.7. The van der Waals surface area contributed by atoms with Crippen LogP contribution >= 0.6 is 0 Å².